The lowest BCUT2D eigenvalue weighted by Gasteiger charge is -2.31. The highest BCUT2D eigenvalue weighted by atomic mass is 35.5. The van der Waals surface area contributed by atoms with Gasteiger partial charge >= 0.3 is 6.09 Å². The molecule has 7 heteroatoms. The Morgan fingerprint density at radius 2 is 2.07 bits per heavy atom. The van der Waals surface area contributed by atoms with Gasteiger partial charge in [-0.15, -0.1) is 0 Å². The number of rotatable bonds is 3. The Morgan fingerprint density at radius 1 is 1.32 bits per heavy atom. The minimum absolute atomic E-state index is 0.0470. The normalized spacial score (nSPS) is 13.9. The van der Waals surface area contributed by atoms with Gasteiger partial charge in [-0.1, -0.05) is 17.7 Å². The number of carbonyl (C=O) groups is 1. The van der Waals surface area contributed by atoms with E-state index in [-0.39, 0.29) is 12.7 Å². The van der Waals surface area contributed by atoms with Gasteiger partial charge in [-0.25, -0.2) is 14.2 Å². The Hall–Kier alpha value is -2.34. The molecule has 0 fully saturated rings. The molecule has 0 saturated carbocycles. The predicted octanol–water partition coefficient (Wildman–Crippen LogP) is 5.05. The lowest BCUT2D eigenvalue weighted by Crippen LogP contribution is -2.40. The van der Waals surface area contributed by atoms with E-state index >= 15 is 0 Å². The number of benzene rings is 1. The minimum Gasteiger partial charge on any atom is -0.472 e. The van der Waals surface area contributed by atoms with Crippen molar-refractivity contribution in [1.29, 1.82) is 0 Å². The Labute approximate surface area is 169 Å². The number of aromatic nitrogens is 1. The van der Waals surface area contributed by atoms with Crippen LogP contribution in [0.1, 0.15) is 43.2 Å². The van der Waals surface area contributed by atoms with E-state index in [0.29, 0.717) is 36.0 Å². The van der Waals surface area contributed by atoms with E-state index < -0.39 is 11.4 Å². The highest BCUT2D eigenvalue weighted by Gasteiger charge is 2.27. The summed E-state index contributed by atoms with van der Waals surface area (Å²) in [6.45, 7) is 8.41. The van der Waals surface area contributed by atoms with E-state index in [4.69, 9.17) is 21.1 Å². The molecule has 1 amide bonds. The quantitative estimate of drug-likeness (QED) is 0.715. The van der Waals surface area contributed by atoms with Crippen LogP contribution in [-0.4, -0.2) is 28.1 Å². The van der Waals surface area contributed by atoms with E-state index in [2.05, 4.69) is 4.98 Å². The Morgan fingerprint density at radius 3 is 2.75 bits per heavy atom. The van der Waals surface area contributed by atoms with Crippen molar-refractivity contribution < 1.29 is 18.7 Å². The van der Waals surface area contributed by atoms with Crippen LogP contribution in [0.2, 0.25) is 5.02 Å². The fraction of sp³-hybridized carbons (Fsp3) is 0.429. The van der Waals surface area contributed by atoms with Gasteiger partial charge in [0.15, 0.2) is 0 Å². The van der Waals surface area contributed by atoms with Gasteiger partial charge in [-0.3, -0.25) is 0 Å². The van der Waals surface area contributed by atoms with Crippen molar-refractivity contribution in [3.05, 3.63) is 57.5 Å². The number of aryl methyl sites for hydroxylation is 1. The van der Waals surface area contributed by atoms with E-state index in [1.54, 1.807) is 17.0 Å². The molecule has 0 bridgehead atoms. The molecule has 5 nitrogen and oxygen atoms in total. The maximum atomic E-state index is 14.0. The molecule has 150 valence electrons. The molecule has 1 aliphatic heterocycles. The molecule has 0 N–H and O–H groups in total. The summed E-state index contributed by atoms with van der Waals surface area (Å²) in [7, 11) is 0. The lowest BCUT2D eigenvalue weighted by atomic mass is 10.0. The van der Waals surface area contributed by atoms with Gasteiger partial charge in [-0.2, -0.15) is 0 Å². The number of carbonyl (C=O) groups excluding carboxylic acids is 1. The van der Waals surface area contributed by atoms with Crippen molar-refractivity contribution in [1.82, 2.24) is 9.88 Å². The molecule has 0 spiro atoms. The van der Waals surface area contributed by atoms with Crippen LogP contribution in [-0.2, 0) is 24.3 Å². The average molecular weight is 407 g/mol. The zero-order valence-corrected chi connectivity index (χ0v) is 17.3. The second-order valence-electron chi connectivity index (χ2n) is 7.89. The monoisotopic (exact) mass is 406 g/mol. The topological polar surface area (TPSA) is 51.7 Å². The second kappa shape index (κ2) is 7.95. The number of halogens is 2. The summed E-state index contributed by atoms with van der Waals surface area (Å²) in [6.07, 6.45) is 0.348. The van der Waals surface area contributed by atoms with Crippen molar-refractivity contribution >= 4 is 17.7 Å². The highest BCUT2D eigenvalue weighted by molar-refractivity contribution is 6.30. The van der Waals surface area contributed by atoms with Gasteiger partial charge in [0.1, 0.15) is 18.0 Å². The van der Waals surface area contributed by atoms with Crippen LogP contribution in [0.25, 0.3) is 0 Å². The molecule has 0 radical (unpaired) electrons. The van der Waals surface area contributed by atoms with Crippen molar-refractivity contribution in [2.75, 3.05) is 6.54 Å². The largest absolute Gasteiger partial charge is 0.472 e. The number of pyridine rings is 1. The van der Waals surface area contributed by atoms with Crippen LogP contribution in [0.5, 0.6) is 5.88 Å². The molecule has 1 aromatic heterocycles. The fourth-order valence-corrected chi connectivity index (χ4v) is 3.13. The molecule has 1 aromatic carbocycles. The van der Waals surface area contributed by atoms with E-state index in [9.17, 15) is 9.18 Å². The first kappa shape index (κ1) is 20.4. The number of hydrogen-bond acceptors (Lipinski definition) is 4. The molecule has 28 heavy (non-hydrogen) atoms. The lowest BCUT2D eigenvalue weighted by molar-refractivity contribution is 0.0220. The number of nitrogens with zero attached hydrogens (tertiary/aromatic N) is 2. The SMILES string of the molecule is Cc1cc2c(nc1OCc1ccc(Cl)cc1F)CN(C(=O)OC(C)(C)C)CC2. The van der Waals surface area contributed by atoms with Crippen molar-refractivity contribution in [2.24, 2.45) is 0 Å². The van der Waals surface area contributed by atoms with Gasteiger partial charge < -0.3 is 14.4 Å². The third-order valence-corrected chi connectivity index (χ3v) is 4.59. The first-order valence-electron chi connectivity index (χ1n) is 9.16. The molecule has 0 unspecified atom stereocenters. The highest BCUT2D eigenvalue weighted by Crippen LogP contribution is 2.26. The zero-order chi connectivity index (χ0) is 20.5. The van der Waals surface area contributed by atoms with Crippen LogP contribution in [0.4, 0.5) is 9.18 Å². The number of hydrogen-bond donors (Lipinski definition) is 0. The van der Waals surface area contributed by atoms with Crippen LogP contribution in [0.15, 0.2) is 24.3 Å². The molecular weight excluding hydrogens is 383 g/mol. The van der Waals surface area contributed by atoms with Gasteiger partial charge in [-0.05, 0) is 57.9 Å². The van der Waals surface area contributed by atoms with Crippen LogP contribution >= 0.6 is 11.6 Å². The first-order valence-corrected chi connectivity index (χ1v) is 9.54. The second-order valence-corrected chi connectivity index (χ2v) is 8.33. The molecule has 0 atom stereocenters. The number of amides is 1. The van der Waals surface area contributed by atoms with E-state index in [1.165, 1.54) is 6.07 Å². The molecule has 0 aliphatic carbocycles. The molecule has 2 heterocycles. The van der Waals surface area contributed by atoms with Crippen LogP contribution in [0, 0.1) is 12.7 Å². The van der Waals surface area contributed by atoms with Crippen molar-refractivity contribution in [3.63, 3.8) is 0 Å². The fourth-order valence-electron chi connectivity index (χ4n) is 2.97. The van der Waals surface area contributed by atoms with Crippen molar-refractivity contribution in [3.8, 4) is 5.88 Å². The summed E-state index contributed by atoms with van der Waals surface area (Å²) in [4.78, 5) is 18.6. The van der Waals surface area contributed by atoms with Crippen LogP contribution in [0.3, 0.4) is 0 Å². The standard InChI is InChI=1S/C21H24ClFN2O3/c1-13-9-14-7-8-25(20(26)28-21(2,3)4)11-18(14)24-19(13)27-12-15-5-6-16(22)10-17(15)23/h5-6,9-10H,7-8,11-12H2,1-4H3. The molecule has 1 aliphatic rings. The molecule has 2 aromatic rings. The van der Waals surface area contributed by atoms with Gasteiger partial charge in [0, 0.05) is 22.7 Å². The summed E-state index contributed by atoms with van der Waals surface area (Å²) in [5.74, 6) is 0.0124. The Balaban J connectivity index is 1.73. The Kier molecular flexibility index (Phi) is 5.79. The predicted molar refractivity (Wildman–Crippen MR) is 105 cm³/mol. The maximum absolute atomic E-state index is 14.0. The first-order chi connectivity index (χ1) is 13.1. The third kappa shape index (κ3) is 4.93. The number of fused-ring (bicyclic) bond motifs is 1. The average Bonchev–Trinajstić information content (AvgIpc) is 2.59. The van der Waals surface area contributed by atoms with Gasteiger partial charge in [0.2, 0.25) is 5.88 Å². The summed E-state index contributed by atoms with van der Waals surface area (Å²) in [6, 6.07) is 6.49. The van der Waals surface area contributed by atoms with Crippen molar-refractivity contribution in [2.45, 2.75) is 52.9 Å². The molecule has 3 rings (SSSR count). The minimum atomic E-state index is -0.547. The summed E-state index contributed by atoms with van der Waals surface area (Å²) in [5, 5.41) is 0.339. The summed E-state index contributed by atoms with van der Waals surface area (Å²) >= 11 is 5.78. The smallest absolute Gasteiger partial charge is 0.410 e. The summed E-state index contributed by atoms with van der Waals surface area (Å²) in [5.41, 5.74) is 2.59. The van der Waals surface area contributed by atoms with E-state index in [0.717, 1.165) is 16.8 Å². The maximum Gasteiger partial charge on any atom is 0.410 e. The van der Waals surface area contributed by atoms with E-state index in [1.807, 2.05) is 33.8 Å². The number of ether oxygens (including phenoxy) is 2. The molecule has 0 saturated heterocycles. The van der Waals surface area contributed by atoms with Crippen LogP contribution < -0.4 is 4.74 Å². The third-order valence-electron chi connectivity index (χ3n) is 4.36. The molecular formula is C21H24ClFN2O3. The summed E-state index contributed by atoms with van der Waals surface area (Å²) < 4.78 is 25.2. The van der Waals surface area contributed by atoms with Gasteiger partial charge in [0.25, 0.3) is 0 Å². The Bertz CT molecular complexity index is 896. The van der Waals surface area contributed by atoms with Gasteiger partial charge in [0.05, 0.1) is 12.2 Å². The zero-order valence-electron chi connectivity index (χ0n) is 16.5.